The second-order valence-electron chi connectivity index (χ2n) is 7.32. The van der Waals surface area contributed by atoms with Crippen LogP contribution in [0.15, 0.2) is 0 Å². The Morgan fingerprint density at radius 3 is 1.27 bits per heavy atom. The van der Waals surface area contributed by atoms with E-state index in [-0.39, 0.29) is 0 Å². The normalized spacial score (nSPS) is 16.6. The zero-order chi connectivity index (χ0) is 17.7. The average Bonchev–Trinajstić information content (AvgIpc) is 2.37. The van der Waals surface area contributed by atoms with Gasteiger partial charge in [-0.1, -0.05) is 0 Å². The van der Waals surface area contributed by atoms with Crippen molar-refractivity contribution < 1.29 is 34.4 Å². The predicted molar refractivity (Wildman–Crippen MR) is 78.8 cm³/mol. The Hall–Kier alpha value is -1.18. The molecule has 0 spiro atoms. The number of aliphatic hydroxyl groups is 3. The molecule has 0 aliphatic rings. The standard InChI is InChI=1S/C15H28O7/c1-14(2,3)12(19)21-7-9(16)11(18)10(17)8-22-13(20)15(4,5)6/h9-11,16-18H,7-8H2,1-6H3/t9-,10+,11?. The SMILES string of the molecule is CC(C)(C)C(=O)OC[C@@H](O)C(O)[C@@H](O)COC(=O)C(C)(C)C. The first kappa shape index (κ1) is 20.8. The molecule has 0 saturated heterocycles. The number of carbonyl (C=O) groups is 2. The van der Waals surface area contributed by atoms with E-state index in [2.05, 4.69) is 0 Å². The van der Waals surface area contributed by atoms with Crippen molar-refractivity contribution in [2.75, 3.05) is 13.2 Å². The van der Waals surface area contributed by atoms with E-state index in [4.69, 9.17) is 9.47 Å². The van der Waals surface area contributed by atoms with Crippen molar-refractivity contribution in [3.05, 3.63) is 0 Å². The maximum absolute atomic E-state index is 11.5. The Morgan fingerprint density at radius 2 is 1.05 bits per heavy atom. The van der Waals surface area contributed by atoms with E-state index in [0.29, 0.717) is 0 Å². The Balaban J connectivity index is 4.30. The van der Waals surface area contributed by atoms with Crippen LogP contribution in [-0.2, 0) is 19.1 Å². The molecule has 1 unspecified atom stereocenters. The quantitative estimate of drug-likeness (QED) is 0.601. The van der Waals surface area contributed by atoms with Crippen molar-refractivity contribution in [2.45, 2.75) is 59.9 Å². The highest BCUT2D eigenvalue weighted by Gasteiger charge is 2.30. The third-order valence-electron chi connectivity index (χ3n) is 2.78. The zero-order valence-electron chi connectivity index (χ0n) is 14.1. The summed E-state index contributed by atoms with van der Waals surface area (Å²) in [6, 6.07) is 0. The number of carbonyl (C=O) groups excluding carboxylic acids is 2. The van der Waals surface area contributed by atoms with Crippen LogP contribution in [0.25, 0.3) is 0 Å². The van der Waals surface area contributed by atoms with Crippen LogP contribution in [0.5, 0.6) is 0 Å². The van der Waals surface area contributed by atoms with Gasteiger partial charge in [0.1, 0.15) is 31.5 Å². The summed E-state index contributed by atoms with van der Waals surface area (Å²) in [5, 5.41) is 29.1. The fraction of sp³-hybridized carbons (Fsp3) is 0.867. The molecule has 0 radical (unpaired) electrons. The Morgan fingerprint density at radius 1 is 0.773 bits per heavy atom. The van der Waals surface area contributed by atoms with Gasteiger partial charge in [0, 0.05) is 0 Å². The second-order valence-corrected chi connectivity index (χ2v) is 7.32. The minimum absolute atomic E-state index is 0.457. The van der Waals surface area contributed by atoms with Gasteiger partial charge in [-0.3, -0.25) is 9.59 Å². The fourth-order valence-corrected chi connectivity index (χ4v) is 1.21. The number of esters is 2. The Labute approximate surface area is 131 Å². The highest BCUT2D eigenvalue weighted by atomic mass is 16.6. The molecule has 0 rings (SSSR count). The molecule has 0 fully saturated rings. The van der Waals surface area contributed by atoms with Crippen molar-refractivity contribution in [2.24, 2.45) is 10.8 Å². The maximum Gasteiger partial charge on any atom is 0.311 e. The van der Waals surface area contributed by atoms with E-state index in [0.717, 1.165) is 0 Å². The minimum Gasteiger partial charge on any atom is -0.462 e. The highest BCUT2D eigenvalue weighted by molar-refractivity contribution is 5.75. The summed E-state index contributed by atoms with van der Waals surface area (Å²) >= 11 is 0. The molecule has 3 N–H and O–H groups in total. The third kappa shape index (κ3) is 7.20. The molecule has 0 aromatic carbocycles. The molecule has 130 valence electrons. The van der Waals surface area contributed by atoms with Gasteiger partial charge in [-0.05, 0) is 41.5 Å². The van der Waals surface area contributed by atoms with Crippen LogP contribution in [0.3, 0.4) is 0 Å². The van der Waals surface area contributed by atoms with E-state index < -0.39 is 54.3 Å². The first-order chi connectivity index (χ1) is 9.76. The van der Waals surface area contributed by atoms with Gasteiger partial charge in [-0.25, -0.2) is 0 Å². The van der Waals surface area contributed by atoms with Crippen molar-refractivity contribution in [3.8, 4) is 0 Å². The Bertz CT molecular complexity index is 342. The predicted octanol–water partition coefficient (Wildman–Crippen LogP) is 0.248. The van der Waals surface area contributed by atoms with Gasteiger partial charge in [0.15, 0.2) is 0 Å². The summed E-state index contributed by atoms with van der Waals surface area (Å²) in [7, 11) is 0. The van der Waals surface area contributed by atoms with E-state index in [1.165, 1.54) is 0 Å². The van der Waals surface area contributed by atoms with Gasteiger partial charge in [-0.15, -0.1) is 0 Å². The van der Waals surface area contributed by atoms with Gasteiger partial charge < -0.3 is 24.8 Å². The van der Waals surface area contributed by atoms with Crippen LogP contribution in [0.2, 0.25) is 0 Å². The summed E-state index contributed by atoms with van der Waals surface area (Å²) in [6.45, 7) is 9.00. The van der Waals surface area contributed by atoms with Gasteiger partial charge in [0.25, 0.3) is 0 Å². The molecule has 0 aliphatic heterocycles. The monoisotopic (exact) mass is 320 g/mol. The van der Waals surface area contributed by atoms with E-state index in [1.807, 2.05) is 0 Å². The highest BCUT2D eigenvalue weighted by Crippen LogP contribution is 2.17. The summed E-state index contributed by atoms with van der Waals surface area (Å²) in [6.07, 6.45) is -4.55. The average molecular weight is 320 g/mol. The topological polar surface area (TPSA) is 113 Å². The largest absolute Gasteiger partial charge is 0.462 e. The molecule has 0 bridgehead atoms. The molecule has 0 aromatic heterocycles. The number of rotatable bonds is 6. The number of hydrogen-bond acceptors (Lipinski definition) is 7. The molecular weight excluding hydrogens is 292 g/mol. The zero-order valence-corrected chi connectivity index (χ0v) is 14.1. The first-order valence-corrected chi connectivity index (χ1v) is 7.15. The molecule has 7 heteroatoms. The van der Waals surface area contributed by atoms with E-state index in [1.54, 1.807) is 41.5 Å². The lowest BCUT2D eigenvalue weighted by molar-refractivity contribution is -0.166. The molecule has 0 aliphatic carbocycles. The van der Waals surface area contributed by atoms with Crippen molar-refractivity contribution in [1.82, 2.24) is 0 Å². The Kier molecular flexibility index (Phi) is 7.47. The van der Waals surface area contributed by atoms with Crippen LogP contribution < -0.4 is 0 Å². The lowest BCUT2D eigenvalue weighted by Crippen LogP contribution is -2.44. The smallest absolute Gasteiger partial charge is 0.311 e. The van der Waals surface area contributed by atoms with Crippen LogP contribution in [0.1, 0.15) is 41.5 Å². The first-order valence-electron chi connectivity index (χ1n) is 7.15. The molecule has 22 heavy (non-hydrogen) atoms. The molecular formula is C15H28O7. The molecule has 3 atom stereocenters. The van der Waals surface area contributed by atoms with Crippen LogP contribution in [0.4, 0.5) is 0 Å². The summed E-state index contributed by atoms with van der Waals surface area (Å²) in [5.74, 6) is -1.07. The van der Waals surface area contributed by atoms with Gasteiger partial charge in [0.2, 0.25) is 0 Å². The van der Waals surface area contributed by atoms with Crippen LogP contribution in [-0.4, -0.2) is 58.8 Å². The molecule has 0 amide bonds. The third-order valence-corrected chi connectivity index (χ3v) is 2.78. The van der Waals surface area contributed by atoms with Gasteiger partial charge >= 0.3 is 11.9 Å². The summed E-state index contributed by atoms with van der Waals surface area (Å²) < 4.78 is 9.70. The lowest BCUT2D eigenvalue weighted by atomic mass is 9.97. The van der Waals surface area contributed by atoms with Crippen molar-refractivity contribution >= 4 is 11.9 Å². The molecule has 0 heterocycles. The second kappa shape index (κ2) is 7.89. The minimum atomic E-state index is -1.60. The summed E-state index contributed by atoms with van der Waals surface area (Å²) in [5.41, 5.74) is -1.46. The number of hydrogen-bond donors (Lipinski definition) is 3. The van der Waals surface area contributed by atoms with E-state index >= 15 is 0 Å². The number of aliphatic hydroxyl groups excluding tert-OH is 3. The van der Waals surface area contributed by atoms with Crippen LogP contribution >= 0.6 is 0 Å². The number of ether oxygens (including phenoxy) is 2. The fourth-order valence-electron chi connectivity index (χ4n) is 1.21. The van der Waals surface area contributed by atoms with Crippen molar-refractivity contribution in [1.29, 1.82) is 0 Å². The molecule has 0 saturated carbocycles. The van der Waals surface area contributed by atoms with Crippen LogP contribution in [0, 0.1) is 10.8 Å². The summed E-state index contributed by atoms with van der Waals surface area (Å²) in [4.78, 5) is 23.1. The molecule has 0 aromatic rings. The lowest BCUT2D eigenvalue weighted by Gasteiger charge is -2.25. The van der Waals surface area contributed by atoms with Gasteiger partial charge in [0.05, 0.1) is 10.8 Å². The van der Waals surface area contributed by atoms with Gasteiger partial charge in [-0.2, -0.15) is 0 Å². The van der Waals surface area contributed by atoms with Crippen molar-refractivity contribution in [3.63, 3.8) is 0 Å². The molecule has 7 nitrogen and oxygen atoms in total. The van der Waals surface area contributed by atoms with E-state index in [9.17, 15) is 24.9 Å². The maximum atomic E-state index is 11.5.